The maximum atomic E-state index is 12.5. The van der Waals surface area contributed by atoms with Gasteiger partial charge in [-0.2, -0.15) is 0 Å². The quantitative estimate of drug-likeness (QED) is 0.556. The molecule has 1 aromatic carbocycles. The van der Waals surface area contributed by atoms with Gasteiger partial charge in [0, 0.05) is 30.6 Å². The third-order valence-corrected chi connectivity index (χ3v) is 6.40. The van der Waals surface area contributed by atoms with Crippen LogP contribution in [0.4, 0.5) is 0 Å². The Morgan fingerprint density at radius 2 is 1.88 bits per heavy atom. The van der Waals surface area contributed by atoms with Gasteiger partial charge < -0.3 is 24.8 Å². The Bertz CT molecular complexity index is 884. The molecule has 0 aliphatic carbocycles. The number of carbonyl (C=O) groups excluding carboxylic acids is 2. The number of ether oxygens (including phenoxy) is 3. The molecule has 0 saturated carbocycles. The zero-order valence-corrected chi connectivity index (χ0v) is 19.6. The van der Waals surface area contributed by atoms with E-state index in [1.165, 1.54) is 0 Å². The molecule has 0 unspecified atom stereocenters. The maximum Gasteiger partial charge on any atom is 0.309 e. The van der Waals surface area contributed by atoms with Crippen LogP contribution < -0.4 is 20.1 Å². The Hall–Kier alpha value is -2.62. The SMILES string of the molecule is COc1ccc(CCNC(=O)C(=O)N[C@H](C)[C@H](c2cccs2)N2CCOCC2)cc1OC. The predicted octanol–water partition coefficient (Wildman–Crippen LogP) is 2.00. The van der Waals surface area contributed by atoms with Crippen LogP contribution in [0.15, 0.2) is 35.7 Å². The molecule has 9 heteroatoms. The van der Waals surface area contributed by atoms with Crippen LogP contribution in [0, 0.1) is 0 Å². The fraction of sp³-hybridized carbons (Fsp3) is 0.478. The van der Waals surface area contributed by atoms with Crippen LogP contribution in [-0.4, -0.2) is 69.8 Å². The highest BCUT2D eigenvalue weighted by molar-refractivity contribution is 7.10. The van der Waals surface area contributed by atoms with Gasteiger partial charge in [-0.15, -0.1) is 11.3 Å². The Balaban J connectivity index is 1.53. The number of hydrogen-bond donors (Lipinski definition) is 2. The first-order chi connectivity index (χ1) is 15.5. The summed E-state index contributed by atoms with van der Waals surface area (Å²) in [6, 6.07) is 9.43. The minimum absolute atomic E-state index is 0.00224. The third-order valence-electron chi connectivity index (χ3n) is 5.46. The summed E-state index contributed by atoms with van der Waals surface area (Å²) in [5, 5.41) is 7.61. The summed E-state index contributed by atoms with van der Waals surface area (Å²) >= 11 is 1.65. The second-order valence-electron chi connectivity index (χ2n) is 7.57. The molecule has 1 aliphatic rings. The van der Waals surface area contributed by atoms with E-state index >= 15 is 0 Å². The fourth-order valence-electron chi connectivity index (χ4n) is 3.85. The number of nitrogens with zero attached hydrogens (tertiary/aromatic N) is 1. The maximum absolute atomic E-state index is 12.5. The lowest BCUT2D eigenvalue weighted by molar-refractivity contribution is -0.139. The summed E-state index contributed by atoms with van der Waals surface area (Å²) in [7, 11) is 3.16. The van der Waals surface area contributed by atoms with E-state index in [4.69, 9.17) is 14.2 Å². The van der Waals surface area contributed by atoms with Crippen molar-refractivity contribution in [2.24, 2.45) is 0 Å². The number of hydrogen-bond acceptors (Lipinski definition) is 7. The number of carbonyl (C=O) groups is 2. The lowest BCUT2D eigenvalue weighted by Crippen LogP contribution is -2.51. The molecule has 1 aliphatic heterocycles. The Kier molecular flexibility index (Phi) is 8.90. The number of thiophene rings is 1. The Morgan fingerprint density at radius 3 is 2.53 bits per heavy atom. The van der Waals surface area contributed by atoms with Crippen molar-refractivity contribution in [3.05, 3.63) is 46.2 Å². The van der Waals surface area contributed by atoms with E-state index in [1.807, 2.05) is 36.6 Å². The van der Waals surface area contributed by atoms with Gasteiger partial charge in [0.15, 0.2) is 11.5 Å². The summed E-state index contributed by atoms with van der Waals surface area (Å²) in [5.41, 5.74) is 0.974. The van der Waals surface area contributed by atoms with E-state index in [-0.39, 0.29) is 12.1 Å². The molecule has 1 aromatic heterocycles. The molecule has 8 nitrogen and oxygen atoms in total. The largest absolute Gasteiger partial charge is 0.493 e. The van der Waals surface area contributed by atoms with Crippen molar-refractivity contribution in [1.82, 2.24) is 15.5 Å². The summed E-state index contributed by atoms with van der Waals surface area (Å²) in [5.74, 6) is 0.0173. The Labute approximate surface area is 192 Å². The van der Waals surface area contributed by atoms with Crippen molar-refractivity contribution >= 4 is 23.2 Å². The van der Waals surface area contributed by atoms with Crippen molar-refractivity contribution in [3.8, 4) is 11.5 Å². The van der Waals surface area contributed by atoms with Gasteiger partial charge in [0.05, 0.1) is 33.5 Å². The van der Waals surface area contributed by atoms with Gasteiger partial charge in [-0.3, -0.25) is 14.5 Å². The summed E-state index contributed by atoms with van der Waals surface area (Å²) < 4.78 is 16.0. The predicted molar refractivity (Wildman–Crippen MR) is 123 cm³/mol. The van der Waals surface area contributed by atoms with Gasteiger partial charge in [0.2, 0.25) is 0 Å². The molecule has 1 saturated heterocycles. The van der Waals surface area contributed by atoms with E-state index < -0.39 is 11.8 Å². The Morgan fingerprint density at radius 1 is 1.12 bits per heavy atom. The average molecular weight is 462 g/mol. The van der Waals surface area contributed by atoms with E-state index in [0.29, 0.717) is 37.7 Å². The molecule has 2 amide bonds. The molecule has 174 valence electrons. The molecule has 3 rings (SSSR count). The molecule has 2 aromatic rings. The number of methoxy groups -OCH3 is 2. The summed E-state index contributed by atoms with van der Waals surface area (Å²) in [4.78, 5) is 28.4. The van der Waals surface area contributed by atoms with Crippen molar-refractivity contribution in [2.75, 3.05) is 47.1 Å². The van der Waals surface area contributed by atoms with Gasteiger partial charge >= 0.3 is 11.8 Å². The van der Waals surface area contributed by atoms with Crippen LogP contribution >= 0.6 is 11.3 Å². The first-order valence-corrected chi connectivity index (χ1v) is 11.6. The molecule has 0 spiro atoms. The molecular formula is C23H31N3O5S. The van der Waals surface area contributed by atoms with Crippen LogP contribution in [0.1, 0.15) is 23.4 Å². The van der Waals surface area contributed by atoms with Crippen LogP contribution in [0.2, 0.25) is 0 Å². The first kappa shape index (κ1) is 24.0. The highest BCUT2D eigenvalue weighted by Crippen LogP contribution is 2.29. The topological polar surface area (TPSA) is 89.1 Å². The standard InChI is InChI=1S/C23H31N3O5S/c1-16(21(20-5-4-14-32-20)26-10-12-31-13-11-26)25-23(28)22(27)24-9-8-17-6-7-18(29-2)19(15-17)30-3/h4-7,14-16,21H,8-13H2,1-3H3,(H,24,27)(H,25,28)/t16-,21-/m1/s1. The number of benzene rings is 1. The van der Waals surface area contributed by atoms with Crippen molar-refractivity contribution < 1.29 is 23.8 Å². The molecule has 32 heavy (non-hydrogen) atoms. The lowest BCUT2D eigenvalue weighted by Gasteiger charge is -2.37. The van der Waals surface area contributed by atoms with Gasteiger partial charge in [-0.1, -0.05) is 12.1 Å². The molecule has 0 bridgehead atoms. The zero-order chi connectivity index (χ0) is 22.9. The smallest absolute Gasteiger partial charge is 0.309 e. The van der Waals surface area contributed by atoms with E-state index in [9.17, 15) is 9.59 Å². The molecule has 2 atom stereocenters. The van der Waals surface area contributed by atoms with Gasteiger partial charge in [0.1, 0.15) is 0 Å². The zero-order valence-electron chi connectivity index (χ0n) is 18.8. The highest BCUT2D eigenvalue weighted by atomic mass is 32.1. The van der Waals surface area contributed by atoms with Gasteiger partial charge in [-0.05, 0) is 42.5 Å². The van der Waals surface area contributed by atoms with Crippen LogP contribution in [0.25, 0.3) is 0 Å². The van der Waals surface area contributed by atoms with Crippen LogP contribution in [0.3, 0.4) is 0 Å². The van der Waals surface area contributed by atoms with Crippen LogP contribution in [0.5, 0.6) is 11.5 Å². The van der Waals surface area contributed by atoms with Crippen molar-refractivity contribution in [2.45, 2.75) is 25.4 Å². The molecular weight excluding hydrogens is 430 g/mol. The first-order valence-electron chi connectivity index (χ1n) is 10.7. The normalized spacial score (nSPS) is 16.1. The second-order valence-corrected chi connectivity index (χ2v) is 8.55. The van der Waals surface area contributed by atoms with E-state index in [2.05, 4.69) is 21.6 Å². The highest BCUT2D eigenvalue weighted by Gasteiger charge is 2.30. The van der Waals surface area contributed by atoms with Crippen LogP contribution in [-0.2, 0) is 20.7 Å². The van der Waals surface area contributed by atoms with Gasteiger partial charge in [-0.25, -0.2) is 0 Å². The number of amides is 2. The molecule has 1 fully saturated rings. The van der Waals surface area contributed by atoms with Gasteiger partial charge in [0.25, 0.3) is 0 Å². The number of morpholine rings is 1. The van der Waals surface area contributed by atoms with Crippen molar-refractivity contribution in [1.29, 1.82) is 0 Å². The minimum atomic E-state index is -0.635. The summed E-state index contributed by atoms with van der Waals surface area (Å²) in [6.07, 6.45) is 0.570. The molecule has 2 heterocycles. The number of rotatable bonds is 9. The molecule has 0 radical (unpaired) electrons. The van der Waals surface area contributed by atoms with E-state index in [1.54, 1.807) is 25.6 Å². The monoisotopic (exact) mass is 461 g/mol. The minimum Gasteiger partial charge on any atom is -0.493 e. The second kappa shape index (κ2) is 11.8. The summed E-state index contributed by atoms with van der Waals surface area (Å²) in [6.45, 7) is 5.20. The molecule has 2 N–H and O–H groups in total. The third kappa shape index (κ3) is 6.21. The fourth-order valence-corrected chi connectivity index (χ4v) is 4.81. The lowest BCUT2D eigenvalue weighted by atomic mass is 10.1. The number of nitrogens with one attached hydrogen (secondary N) is 2. The van der Waals surface area contributed by atoms with Crippen molar-refractivity contribution in [3.63, 3.8) is 0 Å². The van der Waals surface area contributed by atoms with E-state index in [0.717, 1.165) is 23.5 Å². The average Bonchev–Trinajstić information content (AvgIpc) is 3.33.